The molecule has 1 fully saturated rings. The van der Waals surface area contributed by atoms with Crippen LogP contribution in [0.2, 0.25) is 0 Å². The molecule has 2 N–H and O–H groups in total. The molecule has 1 saturated heterocycles. The fourth-order valence-corrected chi connectivity index (χ4v) is 2.40. The van der Waals surface area contributed by atoms with Gasteiger partial charge in [-0.15, -0.1) is 0 Å². The number of rotatable bonds is 3. The van der Waals surface area contributed by atoms with E-state index >= 15 is 0 Å². The minimum Gasteiger partial charge on any atom is -0.505 e. The molecular formula is C13H18FNO3. The molecular weight excluding hydrogens is 237 g/mol. The van der Waals surface area contributed by atoms with E-state index in [2.05, 4.69) is 5.32 Å². The summed E-state index contributed by atoms with van der Waals surface area (Å²) in [5, 5.41) is 13.2. The maximum absolute atomic E-state index is 14.0. The fraction of sp³-hybridized carbons (Fsp3) is 0.538. The van der Waals surface area contributed by atoms with Crippen LogP contribution in [0.5, 0.6) is 17.2 Å². The van der Waals surface area contributed by atoms with Crippen molar-refractivity contribution in [2.45, 2.75) is 18.8 Å². The minimum absolute atomic E-state index is 0.0484. The van der Waals surface area contributed by atoms with Crippen LogP contribution in [-0.2, 0) is 0 Å². The molecule has 18 heavy (non-hydrogen) atoms. The van der Waals surface area contributed by atoms with Gasteiger partial charge in [0.25, 0.3) is 0 Å². The van der Waals surface area contributed by atoms with Gasteiger partial charge in [0.2, 0.25) is 11.6 Å². The Morgan fingerprint density at radius 3 is 2.50 bits per heavy atom. The number of hydrogen-bond acceptors (Lipinski definition) is 4. The molecule has 100 valence electrons. The van der Waals surface area contributed by atoms with Gasteiger partial charge < -0.3 is 19.9 Å². The summed E-state index contributed by atoms with van der Waals surface area (Å²) in [4.78, 5) is 0. The number of piperidine rings is 1. The van der Waals surface area contributed by atoms with E-state index in [-0.39, 0.29) is 17.4 Å². The van der Waals surface area contributed by atoms with Crippen molar-refractivity contribution < 1.29 is 19.0 Å². The van der Waals surface area contributed by atoms with E-state index in [1.54, 1.807) is 6.07 Å². The Morgan fingerprint density at radius 2 is 1.94 bits per heavy atom. The molecule has 1 aromatic rings. The Kier molecular flexibility index (Phi) is 3.91. The van der Waals surface area contributed by atoms with Crippen molar-refractivity contribution in [2.75, 3.05) is 27.3 Å². The van der Waals surface area contributed by atoms with Crippen LogP contribution in [0.4, 0.5) is 4.39 Å². The van der Waals surface area contributed by atoms with Crippen LogP contribution in [0.15, 0.2) is 6.07 Å². The van der Waals surface area contributed by atoms with Crippen LogP contribution >= 0.6 is 0 Å². The van der Waals surface area contributed by atoms with E-state index in [9.17, 15) is 9.50 Å². The number of benzene rings is 1. The minimum atomic E-state index is -0.745. The van der Waals surface area contributed by atoms with Crippen molar-refractivity contribution in [3.05, 3.63) is 17.4 Å². The molecule has 1 aromatic carbocycles. The Hall–Kier alpha value is -1.49. The fourth-order valence-electron chi connectivity index (χ4n) is 2.40. The lowest BCUT2D eigenvalue weighted by Gasteiger charge is -2.24. The van der Waals surface area contributed by atoms with Gasteiger partial charge in [-0.05, 0) is 37.9 Å². The lowest BCUT2D eigenvalue weighted by molar-refractivity contribution is 0.321. The summed E-state index contributed by atoms with van der Waals surface area (Å²) in [6.45, 7) is 1.75. The normalized spacial score (nSPS) is 16.6. The van der Waals surface area contributed by atoms with Gasteiger partial charge in [-0.1, -0.05) is 0 Å². The van der Waals surface area contributed by atoms with Crippen LogP contribution in [0.25, 0.3) is 0 Å². The van der Waals surface area contributed by atoms with Crippen molar-refractivity contribution >= 4 is 0 Å². The molecule has 0 saturated carbocycles. The van der Waals surface area contributed by atoms with Crippen molar-refractivity contribution in [1.29, 1.82) is 0 Å². The molecule has 1 heterocycles. The molecule has 0 aromatic heterocycles. The van der Waals surface area contributed by atoms with Crippen LogP contribution in [0, 0.1) is 5.82 Å². The van der Waals surface area contributed by atoms with Crippen molar-refractivity contribution in [2.24, 2.45) is 0 Å². The molecule has 5 heteroatoms. The zero-order chi connectivity index (χ0) is 13.1. The molecule has 2 rings (SSSR count). The van der Waals surface area contributed by atoms with Crippen LogP contribution in [-0.4, -0.2) is 32.4 Å². The third-order valence-corrected chi connectivity index (χ3v) is 3.39. The molecule has 4 nitrogen and oxygen atoms in total. The average Bonchev–Trinajstić information content (AvgIpc) is 2.42. The predicted molar refractivity (Wildman–Crippen MR) is 66.0 cm³/mol. The lowest BCUT2D eigenvalue weighted by atomic mass is 9.89. The number of methoxy groups -OCH3 is 2. The third-order valence-electron chi connectivity index (χ3n) is 3.39. The topological polar surface area (TPSA) is 50.7 Å². The molecule has 0 atom stereocenters. The second-order valence-corrected chi connectivity index (χ2v) is 4.39. The van der Waals surface area contributed by atoms with Gasteiger partial charge in [0, 0.05) is 5.56 Å². The second kappa shape index (κ2) is 5.44. The number of phenols is 1. The quantitative estimate of drug-likeness (QED) is 0.867. The number of hydrogen-bond donors (Lipinski definition) is 2. The summed E-state index contributed by atoms with van der Waals surface area (Å²) >= 11 is 0. The zero-order valence-electron chi connectivity index (χ0n) is 10.6. The summed E-state index contributed by atoms with van der Waals surface area (Å²) in [5.41, 5.74) is 0.603. The number of aromatic hydroxyl groups is 1. The SMILES string of the molecule is COc1cc(C2CCNCC2)c(O)c(F)c1OC. The Morgan fingerprint density at radius 1 is 1.28 bits per heavy atom. The summed E-state index contributed by atoms with van der Waals surface area (Å²) in [5.74, 6) is -0.639. The van der Waals surface area contributed by atoms with Crippen LogP contribution in [0.3, 0.4) is 0 Å². The smallest absolute Gasteiger partial charge is 0.210 e. The van der Waals surface area contributed by atoms with Gasteiger partial charge in [-0.3, -0.25) is 0 Å². The summed E-state index contributed by atoms with van der Waals surface area (Å²) in [7, 11) is 2.81. The van der Waals surface area contributed by atoms with Gasteiger partial charge in [0.1, 0.15) is 0 Å². The Labute approximate surface area is 106 Å². The van der Waals surface area contributed by atoms with Gasteiger partial charge in [-0.2, -0.15) is 4.39 Å². The van der Waals surface area contributed by atoms with E-state index in [1.807, 2.05) is 0 Å². The summed E-state index contributed by atoms with van der Waals surface area (Å²) < 4.78 is 24.0. The number of halogens is 1. The highest BCUT2D eigenvalue weighted by Crippen LogP contribution is 2.42. The molecule has 1 aliphatic heterocycles. The highest BCUT2D eigenvalue weighted by atomic mass is 19.1. The molecule has 1 aliphatic rings. The predicted octanol–water partition coefficient (Wildman–Crippen LogP) is 2.02. The van der Waals surface area contributed by atoms with Crippen molar-refractivity contribution in [3.63, 3.8) is 0 Å². The first-order chi connectivity index (χ1) is 8.69. The number of nitrogens with one attached hydrogen (secondary N) is 1. The van der Waals surface area contributed by atoms with Crippen molar-refractivity contribution in [1.82, 2.24) is 5.32 Å². The summed E-state index contributed by atoms with van der Waals surface area (Å²) in [6.07, 6.45) is 1.75. The Balaban J connectivity index is 2.44. The van der Waals surface area contributed by atoms with Crippen LogP contribution in [0.1, 0.15) is 24.3 Å². The highest BCUT2D eigenvalue weighted by molar-refractivity contribution is 5.52. The monoisotopic (exact) mass is 255 g/mol. The largest absolute Gasteiger partial charge is 0.505 e. The van der Waals surface area contributed by atoms with E-state index < -0.39 is 5.82 Å². The average molecular weight is 255 g/mol. The first kappa shape index (κ1) is 13.0. The third kappa shape index (κ3) is 2.22. The van der Waals surface area contributed by atoms with Gasteiger partial charge >= 0.3 is 0 Å². The molecule has 0 aliphatic carbocycles. The maximum Gasteiger partial charge on any atom is 0.210 e. The van der Waals surface area contributed by atoms with E-state index in [0.717, 1.165) is 25.9 Å². The van der Waals surface area contributed by atoms with E-state index in [1.165, 1.54) is 14.2 Å². The first-order valence-electron chi connectivity index (χ1n) is 6.03. The lowest BCUT2D eigenvalue weighted by Crippen LogP contribution is -2.26. The van der Waals surface area contributed by atoms with E-state index in [0.29, 0.717) is 11.3 Å². The second-order valence-electron chi connectivity index (χ2n) is 4.39. The zero-order valence-corrected chi connectivity index (χ0v) is 10.6. The van der Waals surface area contributed by atoms with Crippen LogP contribution < -0.4 is 14.8 Å². The number of phenolic OH excluding ortho intramolecular Hbond substituents is 1. The number of ether oxygens (including phenoxy) is 2. The van der Waals surface area contributed by atoms with E-state index in [4.69, 9.17) is 9.47 Å². The first-order valence-corrected chi connectivity index (χ1v) is 6.03. The van der Waals surface area contributed by atoms with Gasteiger partial charge in [-0.25, -0.2) is 0 Å². The standard InChI is InChI=1S/C13H18FNO3/c1-17-10-7-9(8-3-5-15-6-4-8)12(16)11(14)13(10)18-2/h7-8,15-16H,3-6H2,1-2H3. The van der Waals surface area contributed by atoms with Gasteiger partial charge in [0.15, 0.2) is 11.5 Å². The molecule has 0 radical (unpaired) electrons. The van der Waals surface area contributed by atoms with Gasteiger partial charge in [0.05, 0.1) is 14.2 Å². The summed E-state index contributed by atoms with van der Waals surface area (Å²) in [6, 6.07) is 1.67. The highest BCUT2D eigenvalue weighted by Gasteiger charge is 2.25. The maximum atomic E-state index is 14.0. The molecule has 0 spiro atoms. The Bertz CT molecular complexity index is 431. The van der Waals surface area contributed by atoms with Crippen molar-refractivity contribution in [3.8, 4) is 17.2 Å². The molecule has 0 bridgehead atoms. The molecule has 0 unspecified atom stereocenters. The molecule has 0 amide bonds.